The summed E-state index contributed by atoms with van der Waals surface area (Å²) in [7, 11) is 0. The van der Waals surface area contributed by atoms with Crippen molar-refractivity contribution in [3.63, 3.8) is 0 Å². The van der Waals surface area contributed by atoms with Crippen LogP contribution >= 0.6 is 0 Å². The zero-order valence-corrected chi connectivity index (χ0v) is 11.7. The molecule has 0 amide bonds. The number of nitrogens with one attached hydrogen (secondary N) is 1. The molecule has 2 aromatic carbocycles. The van der Waals surface area contributed by atoms with Gasteiger partial charge in [-0.25, -0.2) is 0 Å². The highest BCUT2D eigenvalue weighted by Gasteiger charge is 2.27. The van der Waals surface area contributed by atoms with E-state index in [-0.39, 0.29) is 6.98 Å². The summed E-state index contributed by atoms with van der Waals surface area (Å²) in [5.41, 5.74) is 4.99. The molecular weight excluding hydrogens is 257 g/mol. The van der Waals surface area contributed by atoms with Crippen molar-refractivity contribution in [2.45, 2.75) is 12.7 Å². The van der Waals surface area contributed by atoms with Crippen LogP contribution in [0.15, 0.2) is 66.9 Å². The molecule has 21 heavy (non-hydrogen) atoms. The van der Waals surface area contributed by atoms with Gasteiger partial charge in [0, 0.05) is 17.4 Å². The number of nitrogens with zero attached hydrogens (tertiary/aromatic N) is 2. The van der Waals surface area contributed by atoms with Gasteiger partial charge in [-0.15, -0.1) is 0 Å². The minimum absolute atomic E-state index is 0.213. The lowest BCUT2D eigenvalue weighted by atomic mass is 9.68. The monoisotopic (exact) mass is 273 g/mol. The number of aryl methyl sites for hydroxylation is 1. The fourth-order valence-electron chi connectivity index (χ4n) is 2.99. The molecule has 0 atom stereocenters. The van der Waals surface area contributed by atoms with Gasteiger partial charge in [0.15, 0.2) is 0 Å². The summed E-state index contributed by atoms with van der Waals surface area (Å²) in [6.07, 6.45) is 3.95. The summed E-state index contributed by atoms with van der Waals surface area (Å²) in [5.74, 6) is 0. The summed E-state index contributed by atoms with van der Waals surface area (Å²) < 4.78 is 2.10. The van der Waals surface area contributed by atoms with Gasteiger partial charge in [-0.2, -0.15) is 5.10 Å². The quantitative estimate of drug-likeness (QED) is 0.739. The highest BCUT2D eigenvalue weighted by Crippen LogP contribution is 2.32. The van der Waals surface area contributed by atoms with Crippen LogP contribution in [0, 0.1) is 0 Å². The lowest BCUT2D eigenvalue weighted by molar-refractivity contribution is 0.927. The summed E-state index contributed by atoms with van der Waals surface area (Å²) in [4.78, 5) is 0. The molecular formula is C17H16BN3. The number of hydrogen-bond donors (Lipinski definition) is 1. The lowest BCUT2D eigenvalue weighted by Gasteiger charge is -2.26. The van der Waals surface area contributed by atoms with Gasteiger partial charge in [0.1, 0.15) is 0 Å². The van der Waals surface area contributed by atoms with Gasteiger partial charge in [-0.3, -0.25) is 4.59 Å². The maximum Gasteiger partial charge on any atom is 0.396 e. The Balaban J connectivity index is 1.61. The number of fused-ring (bicyclic) bond motifs is 3. The van der Waals surface area contributed by atoms with Crippen molar-refractivity contribution in [1.82, 2.24) is 9.69 Å². The van der Waals surface area contributed by atoms with E-state index in [9.17, 15) is 0 Å². The number of para-hydroxylation sites is 1. The molecule has 0 saturated carbocycles. The predicted molar refractivity (Wildman–Crippen MR) is 87.4 cm³/mol. The van der Waals surface area contributed by atoms with Gasteiger partial charge < -0.3 is 5.23 Å². The third-order valence-corrected chi connectivity index (χ3v) is 4.04. The molecule has 102 valence electrons. The van der Waals surface area contributed by atoms with Gasteiger partial charge in [0.05, 0.1) is 5.69 Å². The maximum atomic E-state index is 4.50. The van der Waals surface area contributed by atoms with Crippen molar-refractivity contribution in [3.05, 3.63) is 72.4 Å². The van der Waals surface area contributed by atoms with Gasteiger partial charge in [0.2, 0.25) is 0 Å². The molecule has 3 aromatic rings. The first-order chi connectivity index (χ1) is 10.4. The molecule has 1 N–H and O–H groups in total. The minimum atomic E-state index is 0.213. The van der Waals surface area contributed by atoms with Crippen LogP contribution in [-0.4, -0.2) is 16.7 Å². The Bertz CT molecular complexity index is 751. The van der Waals surface area contributed by atoms with E-state index in [1.165, 1.54) is 22.5 Å². The van der Waals surface area contributed by atoms with E-state index in [1.807, 2.05) is 6.20 Å². The first-order valence-electron chi connectivity index (χ1n) is 7.35. The first kappa shape index (κ1) is 12.3. The Morgan fingerprint density at radius 1 is 0.952 bits per heavy atom. The van der Waals surface area contributed by atoms with E-state index in [0.29, 0.717) is 0 Å². The molecule has 1 aliphatic rings. The highest BCUT2D eigenvalue weighted by atomic mass is 15.3. The highest BCUT2D eigenvalue weighted by molar-refractivity contribution is 6.62. The molecule has 0 radical (unpaired) electrons. The number of hydrogen-bond acceptors (Lipinski definition) is 2. The standard InChI is InChI=1S/C17H16BN3/c1-2-6-14(7-3-1)10-12-18-20-16-9-5-4-8-15(16)17-11-13-19-21(17)18/h1-9,11,13,20H,10,12H2. The molecule has 0 bridgehead atoms. The summed E-state index contributed by atoms with van der Waals surface area (Å²) >= 11 is 0. The Morgan fingerprint density at radius 3 is 2.67 bits per heavy atom. The molecule has 0 saturated heterocycles. The van der Waals surface area contributed by atoms with Gasteiger partial charge in [-0.05, 0) is 30.4 Å². The third-order valence-electron chi connectivity index (χ3n) is 4.04. The van der Waals surface area contributed by atoms with E-state index in [0.717, 1.165) is 12.7 Å². The second-order valence-corrected chi connectivity index (χ2v) is 5.39. The van der Waals surface area contributed by atoms with Crippen LogP contribution in [0.5, 0.6) is 0 Å². The average molecular weight is 273 g/mol. The Hall–Kier alpha value is -2.49. The largest absolute Gasteiger partial charge is 0.408 e. The summed E-state index contributed by atoms with van der Waals surface area (Å²) in [5, 5.41) is 8.11. The summed E-state index contributed by atoms with van der Waals surface area (Å²) in [6.45, 7) is 0.213. The molecule has 4 rings (SSSR count). The van der Waals surface area contributed by atoms with Crippen molar-refractivity contribution in [1.29, 1.82) is 0 Å². The topological polar surface area (TPSA) is 29.9 Å². The molecule has 3 nitrogen and oxygen atoms in total. The van der Waals surface area contributed by atoms with Crippen LogP contribution in [-0.2, 0) is 6.42 Å². The fraction of sp³-hybridized carbons (Fsp3) is 0.118. The summed E-state index contributed by atoms with van der Waals surface area (Å²) in [6, 6.07) is 21.1. The van der Waals surface area contributed by atoms with E-state index in [4.69, 9.17) is 0 Å². The second kappa shape index (κ2) is 5.13. The van der Waals surface area contributed by atoms with Crippen LogP contribution in [0.3, 0.4) is 0 Å². The molecule has 0 fully saturated rings. The smallest absolute Gasteiger partial charge is 0.396 e. The first-order valence-corrected chi connectivity index (χ1v) is 7.35. The van der Waals surface area contributed by atoms with Crippen LogP contribution in [0.2, 0.25) is 6.32 Å². The van der Waals surface area contributed by atoms with Gasteiger partial charge >= 0.3 is 6.98 Å². The van der Waals surface area contributed by atoms with Crippen molar-refractivity contribution in [2.24, 2.45) is 0 Å². The number of rotatable bonds is 3. The van der Waals surface area contributed by atoms with Crippen LogP contribution in [0.1, 0.15) is 5.56 Å². The van der Waals surface area contributed by atoms with E-state index in [1.54, 1.807) is 0 Å². The molecule has 4 heteroatoms. The maximum absolute atomic E-state index is 4.50. The predicted octanol–water partition coefficient (Wildman–Crippen LogP) is 3.55. The average Bonchev–Trinajstić information content (AvgIpc) is 3.04. The van der Waals surface area contributed by atoms with Crippen molar-refractivity contribution >= 4 is 12.7 Å². The second-order valence-electron chi connectivity index (χ2n) is 5.39. The van der Waals surface area contributed by atoms with Crippen LogP contribution in [0.25, 0.3) is 11.3 Å². The van der Waals surface area contributed by atoms with E-state index in [2.05, 4.69) is 75.6 Å². The Labute approximate surface area is 124 Å². The lowest BCUT2D eigenvalue weighted by Crippen LogP contribution is -2.38. The van der Waals surface area contributed by atoms with E-state index < -0.39 is 0 Å². The molecule has 1 aliphatic heterocycles. The molecule has 0 unspecified atom stereocenters. The van der Waals surface area contributed by atoms with Crippen molar-refractivity contribution in [3.8, 4) is 11.3 Å². The molecule has 0 aliphatic carbocycles. The minimum Gasteiger partial charge on any atom is -0.408 e. The van der Waals surface area contributed by atoms with Crippen molar-refractivity contribution < 1.29 is 0 Å². The number of aromatic nitrogens is 2. The third kappa shape index (κ3) is 2.23. The number of anilines is 1. The Kier molecular flexibility index (Phi) is 3.00. The molecule has 2 heterocycles. The molecule has 0 spiro atoms. The zero-order valence-electron chi connectivity index (χ0n) is 11.7. The SMILES string of the molecule is c1ccc(CCB2Nc3ccccc3-c3ccnn32)cc1. The Morgan fingerprint density at radius 2 is 1.76 bits per heavy atom. The van der Waals surface area contributed by atoms with Gasteiger partial charge in [-0.1, -0.05) is 48.5 Å². The fourth-order valence-corrected chi connectivity index (χ4v) is 2.99. The van der Waals surface area contributed by atoms with Crippen LogP contribution < -0.4 is 5.23 Å². The van der Waals surface area contributed by atoms with Gasteiger partial charge in [0.25, 0.3) is 0 Å². The number of benzene rings is 2. The van der Waals surface area contributed by atoms with E-state index >= 15 is 0 Å². The normalized spacial score (nSPS) is 12.5. The zero-order chi connectivity index (χ0) is 14.1. The molecule has 1 aromatic heterocycles. The van der Waals surface area contributed by atoms with Crippen molar-refractivity contribution in [2.75, 3.05) is 5.23 Å². The van der Waals surface area contributed by atoms with Crippen LogP contribution in [0.4, 0.5) is 5.69 Å².